The highest BCUT2D eigenvalue weighted by molar-refractivity contribution is 14.1. The molecular weight excluding hydrogens is 363 g/mol. The number of amides is 1. The van der Waals surface area contributed by atoms with E-state index in [-0.39, 0.29) is 5.91 Å². The van der Waals surface area contributed by atoms with Crippen LogP contribution in [0.1, 0.15) is 22.8 Å². The molecule has 0 saturated carbocycles. The molecule has 104 valence electrons. The first kappa shape index (κ1) is 14.8. The van der Waals surface area contributed by atoms with Crippen molar-refractivity contribution in [3.8, 4) is 0 Å². The largest absolute Gasteiger partial charge is 0.385 e. The predicted octanol–water partition coefficient (Wildman–Crippen LogP) is 4.28. The fourth-order valence-corrected chi connectivity index (χ4v) is 2.51. The van der Waals surface area contributed by atoms with Crippen LogP contribution in [0.25, 0.3) is 0 Å². The van der Waals surface area contributed by atoms with Crippen molar-refractivity contribution in [1.29, 1.82) is 0 Å². The van der Waals surface area contributed by atoms with Crippen molar-refractivity contribution in [3.63, 3.8) is 0 Å². The molecule has 0 aliphatic rings. The van der Waals surface area contributed by atoms with Gasteiger partial charge in [0, 0.05) is 21.4 Å². The number of nitrogens with one attached hydrogen (secondary N) is 2. The van der Waals surface area contributed by atoms with E-state index in [4.69, 9.17) is 0 Å². The maximum atomic E-state index is 12.3. The summed E-state index contributed by atoms with van der Waals surface area (Å²) >= 11 is 2.21. The molecule has 0 bridgehead atoms. The van der Waals surface area contributed by atoms with Gasteiger partial charge in [0.2, 0.25) is 0 Å². The highest BCUT2D eigenvalue weighted by atomic mass is 127. The summed E-state index contributed by atoms with van der Waals surface area (Å²) in [4.78, 5) is 12.3. The zero-order valence-electron chi connectivity index (χ0n) is 11.5. The average Bonchev–Trinajstić information content (AvgIpc) is 2.42. The Morgan fingerprint density at radius 1 is 1.20 bits per heavy atom. The topological polar surface area (TPSA) is 41.1 Å². The summed E-state index contributed by atoms with van der Waals surface area (Å²) in [6.45, 7) is 4.87. The van der Waals surface area contributed by atoms with Crippen LogP contribution in [0, 0.1) is 10.5 Å². The standard InChI is InChI=1S/C16H17IN2O/c1-3-18-12-8-9-13(11(2)10-12)16(20)19-15-7-5-4-6-14(15)17/h4-10,18H,3H2,1-2H3,(H,19,20). The zero-order chi connectivity index (χ0) is 14.5. The van der Waals surface area contributed by atoms with Crippen LogP contribution in [0.4, 0.5) is 11.4 Å². The van der Waals surface area contributed by atoms with Gasteiger partial charge in [-0.05, 0) is 72.3 Å². The van der Waals surface area contributed by atoms with E-state index in [9.17, 15) is 4.79 Å². The van der Waals surface area contributed by atoms with Gasteiger partial charge in [0.05, 0.1) is 5.69 Å². The Hall–Kier alpha value is -1.56. The number of halogens is 1. The van der Waals surface area contributed by atoms with Crippen molar-refractivity contribution in [1.82, 2.24) is 0 Å². The molecular formula is C16H17IN2O. The van der Waals surface area contributed by atoms with Crippen LogP contribution >= 0.6 is 22.6 Å². The number of para-hydroxylation sites is 1. The summed E-state index contributed by atoms with van der Waals surface area (Å²) in [7, 11) is 0. The Morgan fingerprint density at radius 3 is 2.60 bits per heavy atom. The maximum absolute atomic E-state index is 12.3. The number of carbonyl (C=O) groups is 1. The summed E-state index contributed by atoms with van der Waals surface area (Å²) in [6, 6.07) is 13.5. The average molecular weight is 380 g/mol. The lowest BCUT2D eigenvalue weighted by Crippen LogP contribution is -2.14. The molecule has 0 heterocycles. The van der Waals surface area contributed by atoms with Gasteiger partial charge < -0.3 is 10.6 Å². The van der Waals surface area contributed by atoms with Crippen LogP contribution in [-0.2, 0) is 0 Å². The number of hydrogen-bond acceptors (Lipinski definition) is 2. The van der Waals surface area contributed by atoms with Gasteiger partial charge in [-0.25, -0.2) is 0 Å². The van der Waals surface area contributed by atoms with Gasteiger partial charge in [-0.2, -0.15) is 0 Å². The van der Waals surface area contributed by atoms with Gasteiger partial charge >= 0.3 is 0 Å². The Balaban J connectivity index is 2.19. The Morgan fingerprint density at radius 2 is 1.95 bits per heavy atom. The monoisotopic (exact) mass is 380 g/mol. The molecule has 2 rings (SSSR count). The number of rotatable bonds is 4. The maximum Gasteiger partial charge on any atom is 0.255 e. The highest BCUT2D eigenvalue weighted by Gasteiger charge is 2.10. The fourth-order valence-electron chi connectivity index (χ4n) is 1.98. The molecule has 0 radical (unpaired) electrons. The minimum Gasteiger partial charge on any atom is -0.385 e. The molecule has 0 unspecified atom stereocenters. The summed E-state index contributed by atoms with van der Waals surface area (Å²) in [5.41, 5.74) is 3.54. The fraction of sp³-hybridized carbons (Fsp3) is 0.188. The van der Waals surface area contributed by atoms with Crippen molar-refractivity contribution >= 4 is 39.9 Å². The summed E-state index contributed by atoms with van der Waals surface area (Å²) in [6.07, 6.45) is 0. The summed E-state index contributed by atoms with van der Waals surface area (Å²) in [5.74, 6) is -0.0744. The van der Waals surface area contributed by atoms with Crippen LogP contribution < -0.4 is 10.6 Å². The lowest BCUT2D eigenvalue weighted by Gasteiger charge is -2.11. The van der Waals surface area contributed by atoms with E-state index in [1.165, 1.54) is 0 Å². The second kappa shape index (κ2) is 6.74. The number of carbonyl (C=O) groups excluding carboxylic acids is 1. The smallest absolute Gasteiger partial charge is 0.255 e. The third kappa shape index (κ3) is 3.50. The molecule has 3 nitrogen and oxygen atoms in total. The molecule has 2 aromatic rings. The Labute approximate surface area is 132 Å². The van der Waals surface area contributed by atoms with E-state index in [2.05, 4.69) is 33.2 Å². The molecule has 20 heavy (non-hydrogen) atoms. The van der Waals surface area contributed by atoms with Crippen molar-refractivity contribution in [2.24, 2.45) is 0 Å². The first-order valence-electron chi connectivity index (χ1n) is 6.52. The Kier molecular flexibility index (Phi) is 5.00. The molecule has 0 fully saturated rings. The Bertz CT molecular complexity index is 626. The van der Waals surface area contributed by atoms with Gasteiger partial charge in [-0.1, -0.05) is 12.1 Å². The predicted molar refractivity (Wildman–Crippen MR) is 92.5 cm³/mol. The van der Waals surface area contributed by atoms with Gasteiger partial charge in [0.1, 0.15) is 0 Å². The van der Waals surface area contributed by atoms with E-state index in [0.29, 0.717) is 5.56 Å². The van der Waals surface area contributed by atoms with Gasteiger partial charge in [-0.3, -0.25) is 4.79 Å². The molecule has 4 heteroatoms. The van der Waals surface area contributed by atoms with Crippen LogP contribution in [0.5, 0.6) is 0 Å². The first-order chi connectivity index (χ1) is 9.61. The minimum atomic E-state index is -0.0744. The molecule has 2 aromatic carbocycles. The third-order valence-corrected chi connectivity index (χ3v) is 3.91. The van der Waals surface area contributed by atoms with E-state index < -0.39 is 0 Å². The summed E-state index contributed by atoms with van der Waals surface area (Å²) in [5, 5.41) is 6.19. The van der Waals surface area contributed by atoms with Crippen molar-refractivity contribution in [2.75, 3.05) is 17.2 Å². The molecule has 2 N–H and O–H groups in total. The zero-order valence-corrected chi connectivity index (χ0v) is 13.7. The third-order valence-electron chi connectivity index (χ3n) is 2.97. The first-order valence-corrected chi connectivity index (χ1v) is 7.60. The normalized spacial score (nSPS) is 10.2. The van der Waals surface area contributed by atoms with Gasteiger partial charge in [0.25, 0.3) is 5.91 Å². The van der Waals surface area contributed by atoms with Crippen LogP contribution in [-0.4, -0.2) is 12.5 Å². The van der Waals surface area contributed by atoms with Gasteiger partial charge in [-0.15, -0.1) is 0 Å². The SMILES string of the molecule is CCNc1ccc(C(=O)Nc2ccccc2I)c(C)c1. The number of hydrogen-bond donors (Lipinski definition) is 2. The van der Waals surface area contributed by atoms with E-state index in [0.717, 1.165) is 27.1 Å². The lowest BCUT2D eigenvalue weighted by molar-refractivity contribution is 0.102. The molecule has 0 saturated heterocycles. The summed E-state index contributed by atoms with van der Waals surface area (Å²) < 4.78 is 1.03. The van der Waals surface area contributed by atoms with E-state index >= 15 is 0 Å². The molecule has 0 atom stereocenters. The quantitative estimate of drug-likeness (QED) is 0.778. The lowest BCUT2D eigenvalue weighted by atomic mass is 10.1. The van der Waals surface area contributed by atoms with E-state index in [1.807, 2.05) is 56.3 Å². The van der Waals surface area contributed by atoms with Crippen molar-refractivity contribution < 1.29 is 4.79 Å². The number of aryl methyl sites for hydroxylation is 1. The number of benzene rings is 2. The second-order valence-electron chi connectivity index (χ2n) is 4.49. The molecule has 1 amide bonds. The van der Waals surface area contributed by atoms with E-state index in [1.54, 1.807) is 0 Å². The molecule has 0 aliphatic carbocycles. The molecule has 0 aliphatic heterocycles. The molecule has 0 aromatic heterocycles. The second-order valence-corrected chi connectivity index (χ2v) is 5.66. The van der Waals surface area contributed by atoms with Crippen molar-refractivity contribution in [3.05, 3.63) is 57.2 Å². The molecule has 0 spiro atoms. The highest BCUT2D eigenvalue weighted by Crippen LogP contribution is 2.20. The van der Waals surface area contributed by atoms with Crippen LogP contribution in [0.3, 0.4) is 0 Å². The number of anilines is 2. The van der Waals surface area contributed by atoms with Crippen LogP contribution in [0.15, 0.2) is 42.5 Å². The van der Waals surface area contributed by atoms with Crippen molar-refractivity contribution in [2.45, 2.75) is 13.8 Å². The minimum absolute atomic E-state index is 0.0744. The van der Waals surface area contributed by atoms with Gasteiger partial charge in [0.15, 0.2) is 0 Å². The van der Waals surface area contributed by atoms with Crippen LogP contribution in [0.2, 0.25) is 0 Å².